The Morgan fingerprint density at radius 1 is 0.700 bits per heavy atom. The maximum atomic E-state index is 13.8. The van der Waals surface area contributed by atoms with Gasteiger partial charge < -0.3 is 9.47 Å². The van der Waals surface area contributed by atoms with Crippen molar-refractivity contribution in [1.82, 2.24) is 9.47 Å². The molecule has 0 bridgehead atoms. The fourth-order valence-corrected chi connectivity index (χ4v) is 6.38. The number of amides is 1. The first-order valence-corrected chi connectivity index (χ1v) is 14.7. The molecule has 1 aliphatic heterocycles. The van der Waals surface area contributed by atoms with Crippen LogP contribution in [-0.2, 0) is 24.2 Å². The predicted octanol–water partition coefficient (Wildman–Crippen LogP) is 7.89. The molecule has 40 heavy (non-hydrogen) atoms. The lowest BCUT2D eigenvalue weighted by Crippen LogP contribution is -2.39. The van der Waals surface area contributed by atoms with E-state index < -0.39 is 0 Å². The zero-order valence-electron chi connectivity index (χ0n) is 23.2. The third-order valence-corrected chi connectivity index (χ3v) is 8.54. The number of hydrogen-bond acceptors (Lipinski definition) is 1. The maximum absolute atomic E-state index is 13.8. The number of hydrogen-bond donors (Lipinski definition) is 0. The number of carbonyl (C=O) groups is 1. The average molecular weight is 527 g/mol. The van der Waals surface area contributed by atoms with Gasteiger partial charge in [-0.1, -0.05) is 109 Å². The van der Waals surface area contributed by atoms with Crippen LogP contribution < -0.4 is 0 Å². The summed E-state index contributed by atoms with van der Waals surface area (Å²) in [6, 6.07) is 40.7. The lowest BCUT2D eigenvalue weighted by Gasteiger charge is -2.33. The van der Waals surface area contributed by atoms with E-state index in [9.17, 15) is 4.79 Å². The zero-order chi connectivity index (χ0) is 27.1. The van der Waals surface area contributed by atoms with Crippen LogP contribution in [0.4, 0.5) is 0 Å². The van der Waals surface area contributed by atoms with Crippen LogP contribution >= 0.6 is 0 Å². The van der Waals surface area contributed by atoms with Gasteiger partial charge in [-0.3, -0.25) is 4.79 Å². The number of para-hydroxylation sites is 1. The van der Waals surface area contributed by atoms with Crippen molar-refractivity contribution in [3.8, 4) is 0 Å². The highest BCUT2D eigenvalue weighted by Gasteiger charge is 2.27. The van der Waals surface area contributed by atoms with Gasteiger partial charge in [-0.25, -0.2) is 0 Å². The predicted molar refractivity (Wildman–Crippen MR) is 164 cm³/mol. The largest absolute Gasteiger partial charge is 0.343 e. The van der Waals surface area contributed by atoms with Crippen LogP contribution in [-0.4, -0.2) is 28.5 Å². The quantitative estimate of drug-likeness (QED) is 0.192. The van der Waals surface area contributed by atoms with E-state index in [0.29, 0.717) is 18.2 Å². The van der Waals surface area contributed by atoms with Crippen LogP contribution in [0.3, 0.4) is 0 Å². The molecule has 1 unspecified atom stereocenters. The molecule has 1 saturated heterocycles. The highest BCUT2D eigenvalue weighted by atomic mass is 16.2. The summed E-state index contributed by atoms with van der Waals surface area (Å²) in [4.78, 5) is 15.9. The van der Waals surface area contributed by atoms with Crippen molar-refractivity contribution in [2.24, 2.45) is 5.92 Å². The highest BCUT2D eigenvalue weighted by molar-refractivity contribution is 5.86. The van der Waals surface area contributed by atoms with Crippen molar-refractivity contribution in [1.29, 1.82) is 0 Å². The molecule has 1 amide bonds. The monoisotopic (exact) mass is 526 g/mol. The van der Waals surface area contributed by atoms with E-state index in [1.165, 1.54) is 33.2 Å². The Morgan fingerprint density at radius 3 is 1.95 bits per heavy atom. The molecule has 2 heterocycles. The molecular formula is C37H38N2O. The second-order valence-electron chi connectivity index (χ2n) is 11.3. The van der Waals surface area contributed by atoms with Gasteiger partial charge in [-0.15, -0.1) is 0 Å². The fourth-order valence-electron chi connectivity index (χ4n) is 6.38. The summed E-state index contributed by atoms with van der Waals surface area (Å²) in [5, 5.41) is 1.26. The van der Waals surface area contributed by atoms with Crippen LogP contribution in [0.1, 0.15) is 47.4 Å². The second-order valence-corrected chi connectivity index (χ2v) is 11.3. The molecule has 0 N–H and O–H groups in total. The van der Waals surface area contributed by atoms with Gasteiger partial charge in [0, 0.05) is 43.2 Å². The van der Waals surface area contributed by atoms with E-state index in [-0.39, 0.29) is 5.92 Å². The van der Waals surface area contributed by atoms with Crippen LogP contribution in [0, 0.1) is 5.92 Å². The molecule has 1 aromatic heterocycles. The van der Waals surface area contributed by atoms with Gasteiger partial charge in [-0.05, 0) is 65.8 Å². The van der Waals surface area contributed by atoms with E-state index in [2.05, 4.69) is 131 Å². The van der Waals surface area contributed by atoms with E-state index in [1.807, 2.05) is 0 Å². The molecular weight excluding hydrogens is 488 g/mol. The Morgan fingerprint density at radius 2 is 1.27 bits per heavy atom. The number of fused-ring (bicyclic) bond motifs is 1. The number of likely N-dealkylation sites (tertiary alicyclic amines) is 1. The lowest BCUT2D eigenvalue weighted by molar-refractivity contribution is -0.133. The summed E-state index contributed by atoms with van der Waals surface area (Å²) in [7, 11) is 0. The third kappa shape index (κ3) is 6.20. The minimum atomic E-state index is 0.124. The van der Waals surface area contributed by atoms with Gasteiger partial charge in [0.2, 0.25) is 5.91 Å². The number of piperidine rings is 1. The van der Waals surface area contributed by atoms with Crippen molar-refractivity contribution in [3.63, 3.8) is 0 Å². The number of aromatic nitrogens is 1. The Balaban J connectivity index is 1.22. The first-order valence-electron chi connectivity index (χ1n) is 14.7. The van der Waals surface area contributed by atoms with Crippen molar-refractivity contribution >= 4 is 16.8 Å². The molecule has 4 aromatic carbocycles. The fraction of sp³-hybridized carbons (Fsp3) is 0.270. The van der Waals surface area contributed by atoms with Crippen molar-refractivity contribution in [2.75, 3.05) is 13.1 Å². The highest BCUT2D eigenvalue weighted by Crippen LogP contribution is 2.34. The van der Waals surface area contributed by atoms with Crippen molar-refractivity contribution < 1.29 is 4.79 Å². The van der Waals surface area contributed by atoms with Gasteiger partial charge in [0.25, 0.3) is 0 Å². The molecule has 5 aromatic rings. The van der Waals surface area contributed by atoms with Gasteiger partial charge >= 0.3 is 0 Å². The SMILES string of the molecule is O=C(CC(Cc1ccccc1)c1cn(Cc2ccccc2)c2ccccc12)N1CCC(Cc2ccccc2)CC1. The molecule has 0 spiro atoms. The van der Waals surface area contributed by atoms with Gasteiger partial charge in [0.1, 0.15) is 0 Å². The van der Waals surface area contributed by atoms with Crippen LogP contribution in [0.5, 0.6) is 0 Å². The smallest absolute Gasteiger partial charge is 0.223 e. The molecule has 1 fully saturated rings. The number of benzene rings is 4. The van der Waals surface area contributed by atoms with Crippen LogP contribution in [0.25, 0.3) is 10.9 Å². The standard InChI is InChI=1S/C37H38N2O/c40-37(38-22-20-31(21-23-38)24-29-12-4-1-5-13-29)26-33(25-30-14-6-2-7-15-30)35-28-39(27-32-16-8-3-9-17-32)36-19-11-10-18-34(35)36/h1-19,28,31,33H,20-27H2. The molecule has 1 atom stereocenters. The van der Waals surface area contributed by atoms with Crippen LogP contribution in [0.15, 0.2) is 121 Å². The van der Waals surface area contributed by atoms with Gasteiger partial charge in [-0.2, -0.15) is 0 Å². The normalized spacial score (nSPS) is 14.8. The molecule has 3 nitrogen and oxygen atoms in total. The third-order valence-electron chi connectivity index (χ3n) is 8.54. The number of carbonyl (C=O) groups excluding carboxylic acids is 1. The first-order chi connectivity index (χ1) is 19.7. The van der Waals surface area contributed by atoms with E-state index in [4.69, 9.17) is 0 Å². The van der Waals surface area contributed by atoms with Crippen molar-refractivity contribution in [2.45, 2.75) is 44.6 Å². The van der Waals surface area contributed by atoms with Crippen LogP contribution in [0.2, 0.25) is 0 Å². The Bertz CT molecular complexity index is 1520. The first kappa shape index (κ1) is 26.1. The zero-order valence-corrected chi connectivity index (χ0v) is 23.2. The van der Waals surface area contributed by atoms with Gasteiger partial charge in [0.15, 0.2) is 0 Å². The summed E-state index contributed by atoms with van der Waals surface area (Å²) in [5.41, 5.74) is 6.48. The Hall–Kier alpha value is -4.11. The molecule has 3 heteroatoms. The summed E-state index contributed by atoms with van der Waals surface area (Å²) in [6.45, 7) is 2.55. The summed E-state index contributed by atoms with van der Waals surface area (Å²) in [6.07, 6.45) is 6.99. The molecule has 202 valence electrons. The minimum Gasteiger partial charge on any atom is -0.343 e. The number of rotatable bonds is 9. The second kappa shape index (κ2) is 12.4. The molecule has 0 saturated carbocycles. The van der Waals surface area contributed by atoms with E-state index >= 15 is 0 Å². The Kier molecular flexibility index (Phi) is 8.09. The Labute approximate surface area is 238 Å². The molecule has 0 aliphatic carbocycles. The minimum absolute atomic E-state index is 0.124. The topological polar surface area (TPSA) is 25.2 Å². The lowest BCUT2D eigenvalue weighted by atomic mass is 9.87. The van der Waals surface area contributed by atoms with Crippen molar-refractivity contribution in [3.05, 3.63) is 144 Å². The maximum Gasteiger partial charge on any atom is 0.223 e. The summed E-state index contributed by atoms with van der Waals surface area (Å²) in [5.74, 6) is 1.07. The van der Waals surface area contributed by atoms with Gasteiger partial charge in [0.05, 0.1) is 0 Å². The summed E-state index contributed by atoms with van der Waals surface area (Å²) >= 11 is 0. The number of nitrogens with zero attached hydrogens (tertiary/aromatic N) is 2. The van der Waals surface area contributed by atoms with E-state index in [0.717, 1.165) is 45.3 Å². The van der Waals surface area contributed by atoms with E-state index in [1.54, 1.807) is 0 Å². The molecule has 6 rings (SSSR count). The molecule has 0 radical (unpaired) electrons. The average Bonchev–Trinajstić information content (AvgIpc) is 3.37. The summed E-state index contributed by atoms with van der Waals surface area (Å²) < 4.78 is 2.36. The molecule has 1 aliphatic rings.